The first-order valence-corrected chi connectivity index (χ1v) is 5.98. The first-order chi connectivity index (χ1) is 9.66. The summed E-state index contributed by atoms with van der Waals surface area (Å²) < 4.78 is 5.06. The maximum absolute atomic E-state index is 11.9. The van der Waals surface area contributed by atoms with Gasteiger partial charge in [0.05, 0.1) is 5.56 Å². The molecule has 0 spiro atoms. The highest BCUT2D eigenvalue weighted by atomic mass is 16.5. The number of aromatic nitrogens is 2. The Kier molecular flexibility index (Phi) is 4.39. The van der Waals surface area contributed by atoms with E-state index in [1.165, 1.54) is 13.1 Å². The summed E-state index contributed by atoms with van der Waals surface area (Å²) in [5, 5.41) is 2.63. The van der Waals surface area contributed by atoms with E-state index < -0.39 is 18.0 Å². The second-order valence-electron chi connectivity index (χ2n) is 4.01. The van der Waals surface area contributed by atoms with Crippen molar-refractivity contribution in [3.8, 4) is 0 Å². The molecule has 2 aromatic heterocycles. The molecule has 0 radical (unpaired) electrons. The number of hydrogen-bond acceptors (Lipinski definition) is 5. The molecule has 0 aliphatic rings. The molecular weight excluding hydrogens is 258 g/mol. The normalized spacial score (nSPS) is 11.4. The van der Waals surface area contributed by atoms with Crippen LogP contribution in [-0.2, 0) is 9.53 Å². The van der Waals surface area contributed by atoms with Crippen molar-refractivity contribution in [3.63, 3.8) is 0 Å². The third-order valence-corrected chi connectivity index (χ3v) is 2.50. The number of anilines is 1. The molecule has 0 aliphatic heterocycles. The number of nitrogens with zero attached hydrogens (tertiary/aromatic N) is 2. The topological polar surface area (TPSA) is 81.2 Å². The van der Waals surface area contributed by atoms with Gasteiger partial charge in [0.2, 0.25) is 0 Å². The van der Waals surface area contributed by atoms with Crippen LogP contribution in [0.4, 0.5) is 5.69 Å². The number of amides is 1. The number of pyridine rings is 2. The predicted octanol–water partition coefficient (Wildman–Crippen LogP) is 1.66. The lowest BCUT2D eigenvalue weighted by molar-refractivity contribution is -0.123. The molecule has 1 N–H and O–H groups in total. The molecule has 1 atom stereocenters. The van der Waals surface area contributed by atoms with Crippen LogP contribution in [0.3, 0.4) is 0 Å². The second kappa shape index (κ2) is 6.42. The fourth-order valence-corrected chi connectivity index (χ4v) is 1.44. The molecular formula is C14H13N3O3. The lowest BCUT2D eigenvalue weighted by Gasteiger charge is -2.13. The third-order valence-electron chi connectivity index (χ3n) is 2.50. The number of hydrogen-bond donors (Lipinski definition) is 1. The number of ether oxygens (including phenoxy) is 1. The van der Waals surface area contributed by atoms with Gasteiger partial charge in [0, 0.05) is 30.5 Å². The highest BCUT2D eigenvalue weighted by Crippen LogP contribution is 2.07. The van der Waals surface area contributed by atoms with E-state index in [4.69, 9.17) is 4.74 Å². The number of nitrogens with one attached hydrogen (secondary N) is 1. The van der Waals surface area contributed by atoms with Crippen LogP contribution in [0.5, 0.6) is 0 Å². The minimum Gasteiger partial charge on any atom is -0.449 e. The zero-order valence-corrected chi connectivity index (χ0v) is 10.8. The van der Waals surface area contributed by atoms with Crippen LogP contribution in [0.1, 0.15) is 17.3 Å². The summed E-state index contributed by atoms with van der Waals surface area (Å²) in [4.78, 5) is 31.3. The van der Waals surface area contributed by atoms with Gasteiger partial charge in [-0.05, 0) is 31.2 Å². The van der Waals surface area contributed by atoms with Gasteiger partial charge in [-0.1, -0.05) is 0 Å². The Morgan fingerprint density at radius 3 is 2.55 bits per heavy atom. The van der Waals surface area contributed by atoms with Gasteiger partial charge < -0.3 is 10.1 Å². The molecule has 102 valence electrons. The molecule has 1 amide bonds. The fourth-order valence-electron chi connectivity index (χ4n) is 1.44. The van der Waals surface area contributed by atoms with Gasteiger partial charge in [-0.15, -0.1) is 0 Å². The highest BCUT2D eigenvalue weighted by molar-refractivity contribution is 5.97. The van der Waals surface area contributed by atoms with Crippen LogP contribution in [0.25, 0.3) is 0 Å². The molecule has 0 fully saturated rings. The van der Waals surface area contributed by atoms with E-state index in [0.29, 0.717) is 11.3 Å². The van der Waals surface area contributed by atoms with Crippen molar-refractivity contribution < 1.29 is 14.3 Å². The van der Waals surface area contributed by atoms with E-state index in [-0.39, 0.29) is 0 Å². The molecule has 0 aliphatic carbocycles. The van der Waals surface area contributed by atoms with Crippen LogP contribution in [0.15, 0.2) is 49.1 Å². The molecule has 0 saturated carbocycles. The van der Waals surface area contributed by atoms with Crippen molar-refractivity contribution >= 4 is 17.6 Å². The predicted molar refractivity (Wildman–Crippen MR) is 72.0 cm³/mol. The van der Waals surface area contributed by atoms with E-state index in [1.807, 2.05) is 0 Å². The second-order valence-corrected chi connectivity index (χ2v) is 4.01. The van der Waals surface area contributed by atoms with E-state index in [1.54, 1.807) is 42.9 Å². The molecule has 2 rings (SSSR count). The minimum atomic E-state index is -0.907. The lowest BCUT2D eigenvalue weighted by atomic mass is 10.3. The summed E-state index contributed by atoms with van der Waals surface area (Å²) in [6.07, 6.45) is 5.15. The molecule has 6 nitrogen and oxygen atoms in total. The van der Waals surface area contributed by atoms with Crippen molar-refractivity contribution in [1.82, 2.24) is 9.97 Å². The quantitative estimate of drug-likeness (QED) is 0.855. The average Bonchev–Trinajstić information content (AvgIpc) is 2.49. The van der Waals surface area contributed by atoms with Gasteiger partial charge in [0.15, 0.2) is 6.10 Å². The van der Waals surface area contributed by atoms with Gasteiger partial charge in [0.1, 0.15) is 0 Å². The summed E-state index contributed by atoms with van der Waals surface area (Å²) in [7, 11) is 0. The Bertz CT molecular complexity index is 587. The monoisotopic (exact) mass is 271 g/mol. The van der Waals surface area contributed by atoms with Gasteiger partial charge in [-0.2, -0.15) is 0 Å². The van der Waals surface area contributed by atoms with Crippen LogP contribution in [0.2, 0.25) is 0 Å². The Morgan fingerprint density at radius 2 is 1.90 bits per heavy atom. The zero-order chi connectivity index (χ0) is 14.4. The Labute approximate surface area is 115 Å². The third kappa shape index (κ3) is 3.61. The fraction of sp³-hybridized carbons (Fsp3) is 0.143. The van der Waals surface area contributed by atoms with Crippen LogP contribution < -0.4 is 5.32 Å². The van der Waals surface area contributed by atoms with Crippen molar-refractivity contribution in [1.29, 1.82) is 0 Å². The average molecular weight is 271 g/mol. The summed E-state index contributed by atoms with van der Waals surface area (Å²) >= 11 is 0. The van der Waals surface area contributed by atoms with E-state index in [2.05, 4.69) is 15.3 Å². The van der Waals surface area contributed by atoms with Crippen LogP contribution >= 0.6 is 0 Å². The smallest absolute Gasteiger partial charge is 0.340 e. The van der Waals surface area contributed by atoms with E-state index in [9.17, 15) is 9.59 Å². The van der Waals surface area contributed by atoms with Crippen molar-refractivity contribution in [2.75, 3.05) is 5.32 Å². The first kappa shape index (κ1) is 13.7. The molecule has 0 bridgehead atoms. The van der Waals surface area contributed by atoms with Crippen molar-refractivity contribution in [3.05, 3.63) is 54.6 Å². The van der Waals surface area contributed by atoms with Crippen LogP contribution in [-0.4, -0.2) is 27.9 Å². The largest absolute Gasteiger partial charge is 0.449 e. The number of carbonyl (C=O) groups excluding carboxylic acids is 2. The summed E-state index contributed by atoms with van der Waals surface area (Å²) in [5.41, 5.74) is 0.894. The van der Waals surface area contributed by atoms with Gasteiger partial charge in [0.25, 0.3) is 5.91 Å². The van der Waals surface area contributed by atoms with Crippen molar-refractivity contribution in [2.45, 2.75) is 13.0 Å². The van der Waals surface area contributed by atoms with Crippen molar-refractivity contribution in [2.24, 2.45) is 0 Å². The van der Waals surface area contributed by atoms with E-state index >= 15 is 0 Å². The molecule has 20 heavy (non-hydrogen) atoms. The van der Waals surface area contributed by atoms with Gasteiger partial charge in [-0.25, -0.2) is 4.79 Å². The zero-order valence-electron chi connectivity index (χ0n) is 10.8. The summed E-state index contributed by atoms with van der Waals surface area (Å²) in [5.74, 6) is -0.996. The number of carbonyl (C=O) groups is 2. The van der Waals surface area contributed by atoms with Gasteiger partial charge in [-0.3, -0.25) is 14.8 Å². The summed E-state index contributed by atoms with van der Waals surface area (Å²) in [6.45, 7) is 1.50. The first-order valence-electron chi connectivity index (χ1n) is 5.98. The van der Waals surface area contributed by atoms with Gasteiger partial charge >= 0.3 is 5.97 Å². The Balaban J connectivity index is 1.93. The Hall–Kier alpha value is -2.76. The van der Waals surface area contributed by atoms with E-state index in [0.717, 1.165) is 0 Å². The molecule has 6 heteroatoms. The highest BCUT2D eigenvalue weighted by Gasteiger charge is 2.18. The maximum Gasteiger partial charge on any atom is 0.340 e. The standard InChI is InChI=1S/C14H13N3O3/c1-10(13(18)17-12-4-7-15-8-5-12)20-14(19)11-3-2-6-16-9-11/h2-10H,1H3,(H,15,17,18). The molecule has 0 saturated heterocycles. The Morgan fingerprint density at radius 1 is 1.15 bits per heavy atom. The number of esters is 1. The molecule has 1 unspecified atom stereocenters. The SMILES string of the molecule is CC(OC(=O)c1cccnc1)C(=O)Nc1ccncc1. The van der Waals surface area contributed by atoms with Crippen LogP contribution in [0, 0.1) is 0 Å². The lowest BCUT2D eigenvalue weighted by Crippen LogP contribution is -2.30. The molecule has 0 aromatic carbocycles. The molecule has 2 heterocycles. The molecule has 2 aromatic rings. The minimum absolute atomic E-state index is 0.302. The maximum atomic E-state index is 11.9. The number of rotatable bonds is 4. The summed E-state index contributed by atoms with van der Waals surface area (Å²) in [6, 6.07) is 6.49.